The van der Waals surface area contributed by atoms with Gasteiger partial charge in [-0.05, 0) is 20.6 Å². The molecular weight excluding hydrogens is 148 g/mol. The van der Waals surface area contributed by atoms with Crippen LogP contribution in [0.25, 0.3) is 0 Å². The number of allylic oxidation sites excluding steroid dienone is 1. The van der Waals surface area contributed by atoms with E-state index < -0.39 is 0 Å². The molecule has 66 valence electrons. The highest BCUT2D eigenvalue weighted by Gasteiger charge is 1.96. The van der Waals surface area contributed by atoms with Gasteiger partial charge in [0.15, 0.2) is 0 Å². The maximum absolute atomic E-state index is 3.81. The lowest BCUT2D eigenvalue weighted by Crippen LogP contribution is -2.15. The second kappa shape index (κ2) is 5.35. The van der Waals surface area contributed by atoms with Crippen LogP contribution < -0.4 is 5.32 Å². The quantitative estimate of drug-likeness (QED) is 0.376. The molecule has 0 amide bonds. The number of hydrogen-bond donors (Lipinski definition) is 1. The molecule has 2 nitrogen and oxygen atoms in total. The van der Waals surface area contributed by atoms with Crippen LogP contribution in [0.5, 0.6) is 0 Å². The fourth-order valence-electron chi connectivity index (χ4n) is 0.709. The summed E-state index contributed by atoms with van der Waals surface area (Å²) in [5.74, 6) is 0. The van der Waals surface area contributed by atoms with Crippen molar-refractivity contribution in [1.82, 2.24) is 5.32 Å². The van der Waals surface area contributed by atoms with Crippen molar-refractivity contribution in [3.8, 4) is 0 Å². The molecule has 0 radical (unpaired) electrons. The summed E-state index contributed by atoms with van der Waals surface area (Å²) in [5.41, 5.74) is 2.64. The van der Waals surface area contributed by atoms with Gasteiger partial charge in [0.25, 0.3) is 0 Å². The number of hydrogen-bond acceptors (Lipinski definition) is 2. The monoisotopic (exact) mass is 164 g/mol. The summed E-state index contributed by atoms with van der Waals surface area (Å²) >= 11 is 0. The van der Waals surface area contributed by atoms with Crippen LogP contribution in [0.1, 0.15) is 13.8 Å². The lowest BCUT2D eigenvalue weighted by molar-refractivity contribution is 0.880. The van der Waals surface area contributed by atoms with Crippen LogP contribution in [0.4, 0.5) is 0 Å². The molecule has 0 aliphatic rings. The third-order valence-corrected chi connectivity index (χ3v) is 1.36. The molecule has 0 bridgehead atoms. The minimum absolute atomic E-state index is 0.728. The topological polar surface area (TPSA) is 24.4 Å². The van der Waals surface area contributed by atoms with Gasteiger partial charge < -0.3 is 5.32 Å². The van der Waals surface area contributed by atoms with E-state index in [1.54, 1.807) is 0 Å². The number of rotatable bonds is 5. The predicted octanol–water partition coefficient (Wildman–Crippen LogP) is 2.27. The summed E-state index contributed by atoms with van der Waals surface area (Å²) in [5, 5.41) is 3.09. The van der Waals surface area contributed by atoms with E-state index in [-0.39, 0.29) is 0 Å². The van der Waals surface area contributed by atoms with E-state index in [2.05, 4.69) is 30.2 Å². The van der Waals surface area contributed by atoms with Crippen LogP contribution in [-0.2, 0) is 0 Å². The summed E-state index contributed by atoms with van der Waals surface area (Å²) in [4.78, 5) is 3.80. The molecule has 12 heavy (non-hydrogen) atoms. The highest BCUT2D eigenvalue weighted by atomic mass is 14.9. The maximum Gasteiger partial charge on any atom is 0.0805 e. The molecule has 2 heteroatoms. The Morgan fingerprint density at radius 2 is 2.08 bits per heavy atom. The third kappa shape index (κ3) is 3.76. The van der Waals surface area contributed by atoms with E-state index >= 15 is 0 Å². The molecule has 0 rings (SSSR count). The van der Waals surface area contributed by atoms with E-state index in [1.807, 2.05) is 19.9 Å². The molecule has 0 aromatic heterocycles. The lowest BCUT2D eigenvalue weighted by Gasteiger charge is -2.08. The minimum Gasteiger partial charge on any atom is -0.380 e. The molecule has 0 aliphatic carbocycles. The minimum atomic E-state index is 0.728. The molecule has 0 saturated heterocycles. The van der Waals surface area contributed by atoms with Crippen molar-refractivity contribution in [3.63, 3.8) is 0 Å². The lowest BCUT2D eigenvalue weighted by atomic mass is 10.3. The van der Waals surface area contributed by atoms with Crippen molar-refractivity contribution in [2.75, 3.05) is 6.54 Å². The Balaban J connectivity index is 4.03. The average Bonchev–Trinajstić information content (AvgIpc) is 2.03. The molecule has 1 N–H and O–H groups in total. The Morgan fingerprint density at radius 1 is 1.50 bits per heavy atom. The summed E-state index contributed by atoms with van der Waals surface area (Å²) in [6.07, 6.45) is 1.86. The SMILES string of the molecule is C=N/C(=C\C)C(=C)NCC(=C)C. The van der Waals surface area contributed by atoms with E-state index in [4.69, 9.17) is 0 Å². The highest BCUT2D eigenvalue weighted by Crippen LogP contribution is 2.04. The Bertz CT molecular complexity index is 224. The second-order valence-electron chi connectivity index (χ2n) is 2.62. The molecule has 0 aromatic rings. The van der Waals surface area contributed by atoms with Gasteiger partial charge in [0, 0.05) is 6.54 Å². The van der Waals surface area contributed by atoms with Crippen LogP contribution in [0, 0.1) is 0 Å². The van der Waals surface area contributed by atoms with Gasteiger partial charge in [0.1, 0.15) is 0 Å². The van der Waals surface area contributed by atoms with E-state index in [1.165, 1.54) is 0 Å². The first-order chi connectivity index (χ1) is 5.61. The van der Waals surface area contributed by atoms with E-state index in [0.717, 1.165) is 23.5 Å². The summed E-state index contributed by atoms with van der Waals surface area (Å²) in [7, 11) is 0. The van der Waals surface area contributed by atoms with Gasteiger partial charge in [-0.1, -0.05) is 24.8 Å². The largest absolute Gasteiger partial charge is 0.380 e. The van der Waals surface area contributed by atoms with Crippen molar-refractivity contribution < 1.29 is 0 Å². The van der Waals surface area contributed by atoms with Crippen molar-refractivity contribution in [3.05, 3.63) is 36.2 Å². The van der Waals surface area contributed by atoms with Crippen molar-refractivity contribution in [2.24, 2.45) is 4.99 Å². The van der Waals surface area contributed by atoms with Gasteiger partial charge in [-0.3, -0.25) is 4.99 Å². The number of nitrogens with zero attached hydrogens (tertiary/aromatic N) is 1. The molecule has 0 fully saturated rings. The van der Waals surface area contributed by atoms with E-state index in [0.29, 0.717) is 0 Å². The molecular formula is C10H16N2. The molecule has 0 atom stereocenters. The maximum atomic E-state index is 3.81. The molecule has 0 heterocycles. The average molecular weight is 164 g/mol. The molecule has 0 aliphatic heterocycles. The zero-order chi connectivity index (χ0) is 9.56. The summed E-state index contributed by atoms with van der Waals surface area (Å²) in [6, 6.07) is 0. The first kappa shape index (κ1) is 10.7. The first-order valence-electron chi connectivity index (χ1n) is 3.82. The van der Waals surface area contributed by atoms with Crippen molar-refractivity contribution in [2.45, 2.75) is 13.8 Å². The highest BCUT2D eigenvalue weighted by molar-refractivity contribution is 5.36. The second-order valence-corrected chi connectivity index (χ2v) is 2.62. The summed E-state index contributed by atoms with van der Waals surface area (Å²) in [6.45, 7) is 15.6. The molecule has 0 unspecified atom stereocenters. The van der Waals surface area contributed by atoms with Gasteiger partial charge in [-0.25, -0.2) is 0 Å². The fraction of sp³-hybridized carbons (Fsp3) is 0.300. The molecule has 0 aromatic carbocycles. The van der Waals surface area contributed by atoms with E-state index in [9.17, 15) is 0 Å². The smallest absolute Gasteiger partial charge is 0.0805 e. The fourth-order valence-corrected chi connectivity index (χ4v) is 0.709. The van der Waals surface area contributed by atoms with Crippen LogP contribution in [0.3, 0.4) is 0 Å². The zero-order valence-corrected chi connectivity index (χ0v) is 7.85. The van der Waals surface area contributed by atoms with Gasteiger partial charge >= 0.3 is 0 Å². The normalized spacial score (nSPS) is 10.7. The number of aliphatic imine (C=N–C) groups is 1. The molecule has 0 saturated carbocycles. The van der Waals surface area contributed by atoms with Crippen LogP contribution in [0.2, 0.25) is 0 Å². The standard InChI is InChI=1S/C10H16N2/c1-6-10(11-5)9(4)12-7-8(2)3/h6,12H,2,4-5,7H2,1,3H3/b10-6-. The Hall–Kier alpha value is -1.31. The van der Waals surface area contributed by atoms with Gasteiger partial charge in [-0.2, -0.15) is 0 Å². The number of nitrogens with one attached hydrogen (secondary N) is 1. The first-order valence-corrected chi connectivity index (χ1v) is 3.82. The third-order valence-electron chi connectivity index (χ3n) is 1.36. The Kier molecular flexibility index (Phi) is 4.77. The predicted molar refractivity (Wildman–Crippen MR) is 55.3 cm³/mol. The molecule has 0 spiro atoms. The zero-order valence-electron chi connectivity index (χ0n) is 7.85. The summed E-state index contributed by atoms with van der Waals surface area (Å²) < 4.78 is 0. The van der Waals surface area contributed by atoms with Crippen molar-refractivity contribution >= 4 is 6.72 Å². The van der Waals surface area contributed by atoms with Gasteiger partial charge in [-0.15, -0.1) is 0 Å². The van der Waals surface area contributed by atoms with Crippen molar-refractivity contribution in [1.29, 1.82) is 0 Å². The van der Waals surface area contributed by atoms with Gasteiger partial charge in [0.05, 0.1) is 11.4 Å². The van der Waals surface area contributed by atoms with Crippen LogP contribution >= 0.6 is 0 Å². The van der Waals surface area contributed by atoms with Gasteiger partial charge in [0.2, 0.25) is 0 Å². The Labute approximate surface area is 74.4 Å². The van der Waals surface area contributed by atoms with Crippen LogP contribution in [-0.4, -0.2) is 13.3 Å². The van der Waals surface area contributed by atoms with Crippen LogP contribution in [0.15, 0.2) is 41.2 Å². The Morgan fingerprint density at radius 3 is 2.42 bits per heavy atom.